The zero-order chi connectivity index (χ0) is 19.5. The van der Waals surface area contributed by atoms with E-state index in [9.17, 15) is 15.2 Å². The van der Waals surface area contributed by atoms with Gasteiger partial charge in [-0.25, -0.2) is 4.79 Å². The van der Waals surface area contributed by atoms with Crippen molar-refractivity contribution < 1.29 is 9.90 Å². The third-order valence-electron chi connectivity index (χ3n) is 6.61. The molecule has 0 unspecified atom stereocenters. The van der Waals surface area contributed by atoms with Crippen molar-refractivity contribution in [2.24, 2.45) is 0 Å². The molecule has 0 bridgehead atoms. The summed E-state index contributed by atoms with van der Waals surface area (Å²) in [5.74, 6) is -0.140. The zero-order valence-electron chi connectivity index (χ0n) is 16.3. The van der Waals surface area contributed by atoms with Gasteiger partial charge in [0.1, 0.15) is 6.04 Å². The number of nitrogens with zero attached hydrogens (tertiary/aromatic N) is 2. The first-order valence-electron chi connectivity index (χ1n) is 10.6. The number of nitrogens with one attached hydrogen (secondary N) is 1. The number of nitriles is 1. The van der Waals surface area contributed by atoms with Gasteiger partial charge in [0.2, 0.25) is 0 Å². The molecule has 1 saturated carbocycles. The maximum atomic E-state index is 12.8. The molecule has 5 nitrogen and oxygen atoms in total. The summed E-state index contributed by atoms with van der Waals surface area (Å²) in [7, 11) is 0. The Morgan fingerprint density at radius 3 is 2.54 bits per heavy atom. The van der Waals surface area contributed by atoms with Crippen molar-refractivity contribution in [2.45, 2.75) is 75.4 Å². The number of aliphatic hydroxyl groups excluding tert-OH is 1. The Morgan fingerprint density at radius 2 is 1.93 bits per heavy atom. The fourth-order valence-corrected chi connectivity index (χ4v) is 5.04. The molecule has 3 aliphatic rings. The molecule has 2 aliphatic carbocycles. The Bertz CT molecular complexity index is 774. The van der Waals surface area contributed by atoms with Crippen LogP contribution in [0.2, 0.25) is 0 Å². The zero-order valence-corrected chi connectivity index (χ0v) is 16.3. The number of benzene rings is 1. The fraction of sp³-hybridized carbons (Fsp3) is 0.565. The molecule has 4 rings (SSSR count). The molecule has 2 fully saturated rings. The van der Waals surface area contributed by atoms with Crippen molar-refractivity contribution in [1.82, 2.24) is 10.2 Å². The van der Waals surface area contributed by atoms with Crippen molar-refractivity contribution in [1.29, 1.82) is 5.26 Å². The van der Waals surface area contributed by atoms with E-state index < -0.39 is 6.04 Å². The first-order valence-corrected chi connectivity index (χ1v) is 10.6. The number of urea groups is 1. The highest BCUT2D eigenvalue weighted by Crippen LogP contribution is 2.41. The minimum absolute atomic E-state index is 0.131. The van der Waals surface area contributed by atoms with Crippen LogP contribution in [-0.2, 0) is 0 Å². The molecule has 1 saturated heterocycles. The first-order chi connectivity index (χ1) is 13.7. The van der Waals surface area contributed by atoms with E-state index in [2.05, 4.69) is 41.7 Å². The lowest BCUT2D eigenvalue weighted by molar-refractivity contribution is 0.0153. The molecule has 0 spiro atoms. The Morgan fingerprint density at radius 1 is 1.18 bits per heavy atom. The van der Waals surface area contributed by atoms with Gasteiger partial charge in [0.25, 0.3) is 0 Å². The van der Waals surface area contributed by atoms with Crippen molar-refractivity contribution in [3.8, 4) is 6.07 Å². The molecule has 1 aromatic rings. The summed E-state index contributed by atoms with van der Waals surface area (Å²) in [5, 5.41) is 22.7. The van der Waals surface area contributed by atoms with E-state index in [1.54, 1.807) is 4.90 Å². The van der Waals surface area contributed by atoms with E-state index in [-0.39, 0.29) is 30.6 Å². The number of rotatable bonds is 4. The second-order valence-corrected chi connectivity index (χ2v) is 8.28. The van der Waals surface area contributed by atoms with Gasteiger partial charge < -0.3 is 15.3 Å². The van der Waals surface area contributed by atoms with Crippen molar-refractivity contribution in [3.05, 3.63) is 41.5 Å². The second kappa shape index (κ2) is 8.36. The van der Waals surface area contributed by atoms with E-state index in [1.165, 1.54) is 24.0 Å². The lowest BCUT2D eigenvalue weighted by atomic mass is 9.75. The van der Waals surface area contributed by atoms with Crippen LogP contribution >= 0.6 is 0 Å². The van der Waals surface area contributed by atoms with Crippen LogP contribution in [0.4, 0.5) is 4.79 Å². The Kier molecular flexibility index (Phi) is 5.68. The van der Waals surface area contributed by atoms with Crippen LogP contribution in [0, 0.1) is 11.3 Å². The second-order valence-electron chi connectivity index (χ2n) is 8.28. The standard InChI is InChI=1S/C23H29N3O2/c24-14-20-22(18-12-10-17(11-13-18)16-6-4-5-7-16)21(15-27)26(20)23(28)25-19-8-2-1-3-9-19/h6,10-13,19-22,27H,1-5,7-9,15H2,(H,25,28)/t20-,21-,22-/m1/s1. The van der Waals surface area contributed by atoms with E-state index in [0.717, 1.165) is 44.1 Å². The highest BCUT2D eigenvalue weighted by atomic mass is 16.3. The van der Waals surface area contributed by atoms with Gasteiger partial charge >= 0.3 is 6.03 Å². The number of allylic oxidation sites excluding steroid dienone is 2. The summed E-state index contributed by atoms with van der Waals surface area (Å²) in [6, 6.07) is 9.75. The SMILES string of the molecule is N#C[C@@H]1[C@@H](c2ccc(C3=CCCC3)cc2)[C@@H](CO)N1C(=O)NC1CCCCC1. The minimum Gasteiger partial charge on any atom is -0.394 e. The molecule has 0 radical (unpaired) electrons. The maximum Gasteiger partial charge on any atom is 0.319 e. The van der Waals surface area contributed by atoms with Crippen LogP contribution < -0.4 is 5.32 Å². The van der Waals surface area contributed by atoms with Crippen LogP contribution in [-0.4, -0.2) is 40.8 Å². The normalized spacial score (nSPS) is 27.6. The van der Waals surface area contributed by atoms with Gasteiger partial charge in [-0.2, -0.15) is 5.26 Å². The quantitative estimate of drug-likeness (QED) is 0.832. The van der Waals surface area contributed by atoms with Gasteiger partial charge in [0, 0.05) is 12.0 Å². The summed E-state index contributed by atoms with van der Waals surface area (Å²) in [5.41, 5.74) is 3.65. The van der Waals surface area contributed by atoms with E-state index in [1.807, 2.05) is 0 Å². The molecule has 0 aromatic heterocycles. The third kappa shape index (κ3) is 3.54. The highest BCUT2D eigenvalue weighted by Gasteiger charge is 2.52. The summed E-state index contributed by atoms with van der Waals surface area (Å²) >= 11 is 0. The average Bonchev–Trinajstić information content (AvgIpc) is 3.24. The number of carbonyl (C=O) groups is 1. The monoisotopic (exact) mass is 379 g/mol. The third-order valence-corrected chi connectivity index (χ3v) is 6.61. The molecule has 2 N–H and O–H groups in total. The van der Waals surface area contributed by atoms with E-state index >= 15 is 0 Å². The van der Waals surface area contributed by atoms with Crippen LogP contribution in [0.3, 0.4) is 0 Å². The largest absolute Gasteiger partial charge is 0.394 e. The Hall–Kier alpha value is -2.32. The first kappa shape index (κ1) is 19.0. The lowest BCUT2D eigenvalue weighted by Gasteiger charge is -2.51. The van der Waals surface area contributed by atoms with E-state index in [0.29, 0.717) is 0 Å². The summed E-state index contributed by atoms with van der Waals surface area (Å²) in [4.78, 5) is 14.3. The van der Waals surface area contributed by atoms with Crippen molar-refractivity contribution in [2.75, 3.05) is 6.61 Å². The molecular weight excluding hydrogens is 350 g/mol. The number of aliphatic hydroxyl groups is 1. The lowest BCUT2D eigenvalue weighted by Crippen LogP contribution is -2.67. The minimum atomic E-state index is -0.530. The van der Waals surface area contributed by atoms with E-state index in [4.69, 9.17) is 0 Å². The molecule has 1 aliphatic heterocycles. The maximum absolute atomic E-state index is 12.8. The molecule has 28 heavy (non-hydrogen) atoms. The average molecular weight is 380 g/mol. The molecular formula is C23H29N3O2. The molecule has 1 heterocycles. The Balaban J connectivity index is 1.47. The molecule has 3 atom stereocenters. The van der Waals surface area contributed by atoms with Crippen LogP contribution in [0.5, 0.6) is 0 Å². The molecule has 148 valence electrons. The molecule has 2 amide bonds. The summed E-state index contributed by atoms with van der Waals surface area (Å²) in [6.07, 6.45) is 11.3. The summed E-state index contributed by atoms with van der Waals surface area (Å²) < 4.78 is 0. The van der Waals surface area contributed by atoms with Crippen molar-refractivity contribution in [3.63, 3.8) is 0 Å². The summed E-state index contributed by atoms with van der Waals surface area (Å²) in [6.45, 7) is -0.131. The number of carbonyl (C=O) groups excluding carboxylic acids is 1. The van der Waals surface area contributed by atoms with Gasteiger partial charge in [-0.05, 0) is 48.8 Å². The van der Waals surface area contributed by atoms with Gasteiger partial charge in [0.05, 0.1) is 18.7 Å². The van der Waals surface area contributed by atoms with Gasteiger partial charge in [0.15, 0.2) is 0 Å². The molecule has 5 heteroatoms. The van der Waals surface area contributed by atoms with Gasteiger partial charge in [-0.15, -0.1) is 0 Å². The fourth-order valence-electron chi connectivity index (χ4n) is 5.04. The van der Waals surface area contributed by atoms with Crippen LogP contribution in [0.1, 0.15) is 68.4 Å². The number of amides is 2. The van der Waals surface area contributed by atoms with Gasteiger partial charge in [-0.1, -0.05) is 49.6 Å². The molecule has 1 aromatic carbocycles. The predicted octanol–water partition coefficient (Wildman–Crippen LogP) is 3.95. The van der Waals surface area contributed by atoms with Crippen LogP contribution in [0.15, 0.2) is 30.3 Å². The highest BCUT2D eigenvalue weighted by molar-refractivity contribution is 5.78. The van der Waals surface area contributed by atoms with Crippen LogP contribution in [0.25, 0.3) is 5.57 Å². The van der Waals surface area contributed by atoms with Gasteiger partial charge in [-0.3, -0.25) is 0 Å². The smallest absolute Gasteiger partial charge is 0.319 e. The number of likely N-dealkylation sites (tertiary alicyclic amines) is 1. The predicted molar refractivity (Wildman–Crippen MR) is 109 cm³/mol. The number of hydrogen-bond acceptors (Lipinski definition) is 3. The van der Waals surface area contributed by atoms with Crippen molar-refractivity contribution >= 4 is 11.6 Å². The topological polar surface area (TPSA) is 76.4 Å². The Labute approximate surface area is 167 Å². The number of hydrogen-bond donors (Lipinski definition) is 2.